The molecule has 0 fully saturated rings. The Hall–Kier alpha value is -4.31. The number of allylic oxidation sites excluding steroid dienone is 1. The SMILES string of the molecule is C=CCOC(=O)C1=C(C)N=c2sc(=Cc3ccc(O)c(OC)c3)c(=O)n2C1c1ccc(OCCC(C)C)c(OC)c1. The van der Waals surface area contributed by atoms with E-state index in [9.17, 15) is 14.7 Å². The summed E-state index contributed by atoms with van der Waals surface area (Å²) in [6.45, 7) is 10.1. The van der Waals surface area contributed by atoms with Crippen LogP contribution in [-0.2, 0) is 9.53 Å². The Labute approximate surface area is 242 Å². The van der Waals surface area contributed by atoms with Crippen molar-refractivity contribution in [1.29, 1.82) is 0 Å². The van der Waals surface area contributed by atoms with Gasteiger partial charge in [0.1, 0.15) is 6.61 Å². The van der Waals surface area contributed by atoms with Gasteiger partial charge in [0.15, 0.2) is 27.8 Å². The molecule has 0 bridgehead atoms. The molecule has 0 saturated carbocycles. The van der Waals surface area contributed by atoms with Gasteiger partial charge in [-0.2, -0.15) is 0 Å². The number of aromatic hydroxyl groups is 1. The number of thiazole rings is 1. The maximum atomic E-state index is 13.9. The smallest absolute Gasteiger partial charge is 0.338 e. The Kier molecular flexibility index (Phi) is 9.34. The van der Waals surface area contributed by atoms with E-state index >= 15 is 0 Å². The van der Waals surface area contributed by atoms with E-state index in [1.54, 1.807) is 44.4 Å². The highest BCUT2D eigenvalue weighted by Crippen LogP contribution is 2.36. The van der Waals surface area contributed by atoms with E-state index in [2.05, 4.69) is 25.4 Å². The van der Waals surface area contributed by atoms with Crippen LogP contribution in [-0.4, -0.2) is 43.1 Å². The zero-order valence-electron chi connectivity index (χ0n) is 23.8. The predicted molar refractivity (Wildman–Crippen MR) is 158 cm³/mol. The van der Waals surface area contributed by atoms with Gasteiger partial charge in [-0.3, -0.25) is 9.36 Å². The molecule has 0 amide bonds. The van der Waals surface area contributed by atoms with Crippen LogP contribution in [0.25, 0.3) is 6.08 Å². The Balaban J connectivity index is 1.87. The van der Waals surface area contributed by atoms with E-state index < -0.39 is 12.0 Å². The van der Waals surface area contributed by atoms with Gasteiger partial charge < -0.3 is 24.1 Å². The van der Waals surface area contributed by atoms with E-state index in [4.69, 9.17) is 18.9 Å². The first kappa shape index (κ1) is 29.7. The summed E-state index contributed by atoms with van der Waals surface area (Å²) in [7, 11) is 3.00. The number of benzene rings is 2. The number of phenols is 1. The van der Waals surface area contributed by atoms with E-state index in [1.165, 1.54) is 35.2 Å². The van der Waals surface area contributed by atoms with E-state index in [1.807, 2.05) is 6.07 Å². The number of phenolic OH excluding ortho intramolecular Hbond substituents is 1. The summed E-state index contributed by atoms with van der Waals surface area (Å²) in [5.41, 5.74) is 1.65. The third kappa shape index (κ3) is 6.38. The van der Waals surface area contributed by atoms with Crippen molar-refractivity contribution in [2.24, 2.45) is 10.9 Å². The van der Waals surface area contributed by atoms with Crippen LogP contribution in [0.1, 0.15) is 44.4 Å². The quantitative estimate of drug-likeness (QED) is 0.269. The van der Waals surface area contributed by atoms with Gasteiger partial charge in [-0.15, -0.1) is 0 Å². The molecule has 4 rings (SSSR count). The lowest BCUT2D eigenvalue weighted by molar-refractivity contribution is -0.138. The van der Waals surface area contributed by atoms with Crippen LogP contribution < -0.4 is 29.1 Å². The van der Waals surface area contributed by atoms with Crippen LogP contribution in [0.15, 0.2) is 70.1 Å². The molecule has 1 unspecified atom stereocenters. The first-order valence-corrected chi connectivity index (χ1v) is 14.0. The van der Waals surface area contributed by atoms with Crippen LogP contribution in [0.3, 0.4) is 0 Å². The molecule has 41 heavy (non-hydrogen) atoms. The summed E-state index contributed by atoms with van der Waals surface area (Å²) < 4.78 is 24.1. The van der Waals surface area contributed by atoms with Crippen molar-refractivity contribution < 1.29 is 28.8 Å². The minimum atomic E-state index is -0.821. The summed E-state index contributed by atoms with van der Waals surface area (Å²) in [6, 6.07) is 9.38. The van der Waals surface area contributed by atoms with Crippen LogP contribution in [0.2, 0.25) is 0 Å². The Morgan fingerprint density at radius 3 is 2.59 bits per heavy atom. The summed E-state index contributed by atoms with van der Waals surface area (Å²) in [5.74, 6) is 1.23. The van der Waals surface area contributed by atoms with Gasteiger partial charge in [-0.25, -0.2) is 9.79 Å². The zero-order valence-corrected chi connectivity index (χ0v) is 24.6. The second-order valence-electron chi connectivity index (χ2n) is 9.84. The first-order valence-electron chi connectivity index (χ1n) is 13.2. The molecule has 1 aliphatic rings. The Bertz CT molecular complexity index is 1670. The normalized spacial score (nSPS) is 14.9. The van der Waals surface area contributed by atoms with E-state index in [0.29, 0.717) is 50.2 Å². The summed E-state index contributed by atoms with van der Waals surface area (Å²) in [6.07, 6.45) is 4.07. The maximum absolute atomic E-state index is 13.9. The number of aromatic nitrogens is 1. The third-order valence-corrected chi connectivity index (χ3v) is 7.51. The molecule has 2 heterocycles. The van der Waals surface area contributed by atoms with Crippen molar-refractivity contribution in [2.75, 3.05) is 27.4 Å². The molecule has 0 spiro atoms. The standard InChI is InChI=1S/C31H34N2O7S/c1-7-13-40-30(36)27-19(4)32-31-33(29(35)26(41-31)16-20-8-10-22(34)24(15-20)37-5)28(27)21-9-11-23(25(17-21)38-6)39-14-12-18(2)3/h7-11,15-18,28,34H,1,12-14H2,2-6H3. The average Bonchev–Trinajstić information content (AvgIpc) is 3.25. The number of methoxy groups -OCH3 is 2. The van der Waals surface area contributed by atoms with Crippen molar-refractivity contribution in [1.82, 2.24) is 4.57 Å². The summed E-state index contributed by atoms with van der Waals surface area (Å²) in [4.78, 5) is 32.2. The lowest BCUT2D eigenvalue weighted by atomic mass is 9.95. The molecule has 1 aromatic heterocycles. The fraction of sp³-hybridized carbons (Fsp3) is 0.323. The van der Waals surface area contributed by atoms with Crippen molar-refractivity contribution >= 4 is 23.4 Å². The Morgan fingerprint density at radius 2 is 1.90 bits per heavy atom. The Morgan fingerprint density at radius 1 is 1.15 bits per heavy atom. The van der Waals surface area contributed by atoms with E-state index in [0.717, 1.165) is 6.42 Å². The van der Waals surface area contributed by atoms with Gasteiger partial charge in [0.25, 0.3) is 5.56 Å². The molecule has 1 N–H and O–H groups in total. The molecule has 1 aliphatic heterocycles. The minimum absolute atomic E-state index is 0.00464. The first-order chi connectivity index (χ1) is 19.7. The van der Waals surface area contributed by atoms with Crippen LogP contribution in [0.4, 0.5) is 0 Å². The third-order valence-electron chi connectivity index (χ3n) is 6.53. The van der Waals surface area contributed by atoms with Gasteiger partial charge in [-0.1, -0.05) is 50.0 Å². The molecule has 3 aromatic rings. The maximum Gasteiger partial charge on any atom is 0.338 e. The second kappa shape index (κ2) is 12.9. The molecular weight excluding hydrogens is 544 g/mol. The minimum Gasteiger partial charge on any atom is -0.504 e. The number of ether oxygens (including phenoxy) is 4. The molecule has 9 nitrogen and oxygen atoms in total. The zero-order chi connectivity index (χ0) is 29.7. The van der Waals surface area contributed by atoms with Gasteiger partial charge in [0.05, 0.1) is 42.7 Å². The van der Waals surface area contributed by atoms with Gasteiger partial charge >= 0.3 is 5.97 Å². The fourth-order valence-corrected chi connectivity index (χ4v) is 5.47. The van der Waals surface area contributed by atoms with Crippen LogP contribution >= 0.6 is 11.3 Å². The highest BCUT2D eigenvalue weighted by molar-refractivity contribution is 7.07. The average molecular weight is 579 g/mol. The number of carbonyl (C=O) groups is 1. The summed E-state index contributed by atoms with van der Waals surface area (Å²) in [5, 5.41) is 9.96. The van der Waals surface area contributed by atoms with Crippen LogP contribution in [0, 0.1) is 5.92 Å². The lowest BCUT2D eigenvalue weighted by Gasteiger charge is -2.25. The molecule has 216 valence electrons. The number of nitrogens with zero attached hydrogens (tertiary/aromatic N) is 2. The molecule has 10 heteroatoms. The topological polar surface area (TPSA) is 109 Å². The molecule has 2 aromatic carbocycles. The number of fused-ring (bicyclic) bond motifs is 1. The van der Waals surface area contributed by atoms with Gasteiger partial charge in [-0.05, 0) is 60.7 Å². The molecule has 0 radical (unpaired) electrons. The lowest BCUT2D eigenvalue weighted by Crippen LogP contribution is -2.40. The second-order valence-corrected chi connectivity index (χ2v) is 10.9. The van der Waals surface area contributed by atoms with Gasteiger partial charge in [0, 0.05) is 0 Å². The molecule has 1 atom stereocenters. The molecule has 0 saturated heterocycles. The molecule has 0 aliphatic carbocycles. The van der Waals surface area contributed by atoms with Gasteiger partial charge in [0.2, 0.25) is 0 Å². The number of hydrogen-bond donors (Lipinski definition) is 1. The number of esters is 1. The number of rotatable bonds is 11. The summed E-state index contributed by atoms with van der Waals surface area (Å²) >= 11 is 1.20. The highest BCUT2D eigenvalue weighted by atomic mass is 32.1. The monoisotopic (exact) mass is 578 g/mol. The van der Waals surface area contributed by atoms with Crippen molar-refractivity contribution in [3.8, 4) is 23.0 Å². The highest BCUT2D eigenvalue weighted by Gasteiger charge is 2.34. The fourth-order valence-electron chi connectivity index (χ4n) is 4.42. The van der Waals surface area contributed by atoms with Crippen molar-refractivity contribution in [3.63, 3.8) is 0 Å². The van der Waals surface area contributed by atoms with Crippen molar-refractivity contribution in [2.45, 2.75) is 33.2 Å². The predicted octanol–water partition coefficient (Wildman–Crippen LogP) is 4.11. The number of hydrogen-bond acceptors (Lipinski definition) is 9. The van der Waals surface area contributed by atoms with Crippen LogP contribution in [0.5, 0.6) is 23.0 Å². The van der Waals surface area contributed by atoms with E-state index in [-0.39, 0.29) is 29.2 Å². The van der Waals surface area contributed by atoms with Crippen molar-refractivity contribution in [3.05, 3.63) is 91.1 Å². The largest absolute Gasteiger partial charge is 0.504 e. The number of carbonyl (C=O) groups excluding carboxylic acids is 1. The molecular formula is C31H34N2O7S.